The number of aromatic nitrogens is 3. The Morgan fingerprint density at radius 3 is 2.60 bits per heavy atom. The van der Waals surface area contributed by atoms with E-state index in [0.29, 0.717) is 11.4 Å². The molecule has 2 rings (SSSR count). The van der Waals surface area contributed by atoms with E-state index in [1.165, 1.54) is 4.68 Å². The van der Waals surface area contributed by atoms with Crippen LogP contribution in [-0.2, 0) is 11.3 Å². The van der Waals surface area contributed by atoms with E-state index in [-0.39, 0.29) is 18.1 Å². The Morgan fingerprint density at radius 1 is 1.30 bits per heavy atom. The van der Waals surface area contributed by atoms with Gasteiger partial charge in [-0.05, 0) is 25.5 Å². The highest BCUT2D eigenvalue weighted by molar-refractivity contribution is 5.91. The van der Waals surface area contributed by atoms with Crippen molar-refractivity contribution in [3.05, 3.63) is 41.2 Å². The third-order valence-electron chi connectivity index (χ3n) is 2.90. The van der Waals surface area contributed by atoms with Gasteiger partial charge in [-0.2, -0.15) is 0 Å². The van der Waals surface area contributed by atoms with Gasteiger partial charge >= 0.3 is 5.97 Å². The summed E-state index contributed by atoms with van der Waals surface area (Å²) in [7, 11) is 0. The average molecular weight is 274 g/mol. The summed E-state index contributed by atoms with van der Waals surface area (Å²) in [5.74, 6) is -1.45. The number of carbonyl (C=O) groups is 2. The fraction of sp³-hybridized carbons (Fsp3) is 0.231. The molecule has 1 aromatic carbocycles. The number of rotatable bonds is 4. The lowest BCUT2D eigenvalue weighted by Gasteiger charge is -2.08. The minimum Gasteiger partial charge on any atom is -0.476 e. The largest absolute Gasteiger partial charge is 0.476 e. The first-order chi connectivity index (χ1) is 9.49. The van der Waals surface area contributed by atoms with E-state index in [4.69, 9.17) is 5.11 Å². The van der Waals surface area contributed by atoms with Crippen LogP contribution in [0.25, 0.3) is 0 Å². The zero-order valence-electron chi connectivity index (χ0n) is 11.1. The number of hydrogen-bond donors (Lipinski definition) is 2. The van der Waals surface area contributed by atoms with Crippen molar-refractivity contribution in [2.75, 3.05) is 5.32 Å². The number of aromatic carboxylic acids is 1. The van der Waals surface area contributed by atoms with Gasteiger partial charge in [-0.3, -0.25) is 4.79 Å². The number of anilines is 1. The SMILES string of the molecule is Cc1ccccc1NC(=O)Cn1nnc(C(=O)O)c1C. The number of amides is 1. The molecule has 0 radical (unpaired) electrons. The standard InChI is InChI=1S/C13H14N4O3/c1-8-5-3-4-6-10(8)14-11(18)7-17-9(2)12(13(19)20)15-16-17/h3-6H,7H2,1-2H3,(H,14,18)(H,19,20). The maximum atomic E-state index is 11.9. The third kappa shape index (κ3) is 2.82. The van der Waals surface area contributed by atoms with E-state index in [9.17, 15) is 9.59 Å². The summed E-state index contributed by atoms with van der Waals surface area (Å²) < 4.78 is 1.26. The molecule has 1 amide bonds. The molecule has 0 unspecified atom stereocenters. The van der Waals surface area contributed by atoms with Crippen LogP contribution in [0.4, 0.5) is 5.69 Å². The van der Waals surface area contributed by atoms with Gasteiger partial charge in [-0.1, -0.05) is 23.4 Å². The van der Waals surface area contributed by atoms with Crippen molar-refractivity contribution in [2.24, 2.45) is 0 Å². The second-order valence-electron chi connectivity index (χ2n) is 4.35. The van der Waals surface area contributed by atoms with Crippen molar-refractivity contribution in [1.29, 1.82) is 0 Å². The van der Waals surface area contributed by atoms with Gasteiger partial charge in [-0.25, -0.2) is 9.48 Å². The quantitative estimate of drug-likeness (QED) is 0.874. The fourth-order valence-corrected chi connectivity index (χ4v) is 1.75. The minimum atomic E-state index is -1.16. The van der Waals surface area contributed by atoms with Crippen molar-refractivity contribution in [3.63, 3.8) is 0 Å². The molecular formula is C13H14N4O3. The van der Waals surface area contributed by atoms with Crippen molar-refractivity contribution in [3.8, 4) is 0 Å². The van der Waals surface area contributed by atoms with Gasteiger partial charge in [0.05, 0.1) is 5.69 Å². The van der Waals surface area contributed by atoms with E-state index in [2.05, 4.69) is 15.6 Å². The van der Waals surface area contributed by atoms with E-state index in [1.807, 2.05) is 25.1 Å². The van der Waals surface area contributed by atoms with Crippen LogP contribution in [0.3, 0.4) is 0 Å². The number of aryl methyl sites for hydroxylation is 1. The van der Waals surface area contributed by atoms with Gasteiger partial charge in [0.2, 0.25) is 5.91 Å². The molecule has 1 heterocycles. The molecule has 20 heavy (non-hydrogen) atoms. The molecule has 0 atom stereocenters. The first-order valence-electron chi connectivity index (χ1n) is 5.98. The van der Waals surface area contributed by atoms with Gasteiger partial charge in [0.25, 0.3) is 0 Å². The number of para-hydroxylation sites is 1. The summed E-state index contributed by atoms with van der Waals surface area (Å²) >= 11 is 0. The van der Waals surface area contributed by atoms with Gasteiger partial charge in [0, 0.05) is 5.69 Å². The molecule has 7 heteroatoms. The van der Waals surface area contributed by atoms with Crippen LogP contribution in [0.15, 0.2) is 24.3 Å². The molecule has 0 fully saturated rings. The molecule has 0 aliphatic carbocycles. The van der Waals surface area contributed by atoms with E-state index < -0.39 is 5.97 Å². The molecule has 0 spiro atoms. The summed E-state index contributed by atoms with van der Waals surface area (Å²) in [6.45, 7) is 3.36. The first kappa shape index (κ1) is 13.7. The number of nitrogens with one attached hydrogen (secondary N) is 1. The van der Waals surface area contributed by atoms with Gasteiger partial charge < -0.3 is 10.4 Å². The highest BCUT2D eigenvalue weighted by Gasteiger charge is 2.16. The predicted octanol–water partition coefficient (Wildman–Crippen LogP) is 1.23. The van der Waals surface area contributed by atoms with E-state index in [1.54, 1.807) is 13.0 Å². The molecule has 1 aromatic heterocycles. The first-order valence-corrected chi connectivity index (χ1v) is 5.98. The second-order valence-corrected chi connectivity index (χ2v) is 4.35. The summed E-state index contributed by atoms with van der Waals surface area (Å²) in [6, 6.07) is 7.39. The van der Waals surface area contributed by atoms with Crippen LogP contribution in [0.2, 0.25) is 0 Å². The van der Waals surface area contributed by atoms with Crippen LogP contribution in [0, 0.1) is 13.8 Å². The molecule has 0 aliphatic rings. The lowest BCUT2D eigenvalue weighted by atomic mass is 10.2. The van der Waals surface area contributed by atoms with Gasteiger partial charge in [-0.15, -0.1) is 5.10 Å². The lowest BCUT2D eigenvalue weighted by Crippen LogP contribution is -2.21. The third-order valence-corrected chi connectivity index (χ3v) is 2.90. The summed E-state index contributed by atoms with van der Waals surface area (Å²) in [5, 5.41) is 18.8. The highest BCUT2D eigenvalue weighted by atomic mass is 16.4. The molecule has 7 nitrogen and oxygen atoms in total. The fourth-order valence-electron chi connectivity index (χ4n) is 1.75. The van der Waals surface area contributed by atoms with Crippen molar-refractivity contribution in [2.45, 2.75) is 20.4 Å². The Hall–Kier alpha value is -2.70. The normalized spacial score (nSPS) is 10.3. The Labute approximate surface area is 115 Å². The molecule has 2 aromatic rings. The monoisotopic (exact) mass is 274 g/mol. The maximum absolute atomic E-state index is 11.9. The Bertz CT molecular complexity index is 663. The maximum Gasteiger partial charge on any atom is 0.358 e. The minimum absolute atomic E-state index is 0.0829. The average Bonchev–Trinajstić information content (AvgIpc) is 2.74. The van der Waals surface area contributed by atoms with Crippen LogP contribution in [0.1, 0.15) is 21.7 Å². The predicted molar refractivity (Wildman–Crippen MR) is 71.5 cm³/mol. The molecule has 0 bridgehead atoms. The second kappa shape index (κ2) is 5.52. The molecule has 2 N–H and O–H groups in total. The molecule has 0 saturated carbocycles. The van der Waals surface area contributed by atoms with Gasteiger partial charge in [0.1, 0.15) is 6.54 Å². The van der Waals surface area contributed by atoms with E-state index in [0.717, 1.165) is 5.56 Å². The number of carboxylic acid groups (broad SMARTS) is 1. The molecule has 104 valence electrons. The van der Waals surface area contributed by atoms with Crippen LogP contribution < -0.4 is 5.32 Å². The van der Waals surface area contributed by atoms with Crippen molar-refractivity contribution >= 4 is 17.6 Å². The summed E-state index contributed by atoms with van der Waals surface area (Å²) in [5.41, 5.74) is 1.86. The van der Waals surface area contributed by atoms with Crippen LogP contribution in [0.5, 0.6) is 0 Å². The zero-order valence-corrected chi connectivity index (χ0v) is 11.1. The van der Waals surface area contributed by atoms with Crippen LogP contribution >= 0.6 is 0 Å². The Kier molecular flexibility index (Phi) is 3.79. The zero-order chi connectivity index (χ0) is 14.7. The number of carbonyl (C=O) groups excluding carboxylic acids is 1. The smallest absolute Gasteiger partial charge is 0.358 e. The molecule has 0 saturated heterocycles. The van der Waals surface area contributed by atoms with Gasteiger partial charge in [0.15, 0.2) is 5.69 Å². The number of carboxylic acids is 1. The molecular weight excluding hydrogens is 260 g/mol. The summed E-state index contributed by atoms with van der Waals surface area (Å²) in [6.07, 6.45) is 0. The van der Waals surface area contributed by atoms with Crippen LogP contribution in [-0.4, -0.2) is 32.0 Å². The molecule has 0 aliphatic heterocycles. The van der Waals surface area contributed by atoms with Crippen molar-refractivity contribution < 1.29 is 14.7 Å². The Balaban J connectivity index is 2.09. The Morgan fingerprint density at radius 2 is 2.00 bits per heavy atom. The number of hydrogen-bond acceptors (Lipinski definition) is 4. The van der Waals surface area contributed by atoms with Crippen molar-refractivity contribution in [1.82, 2.24) is 15.0 Å². The lowest BCUT2D eigenvalue weighted by molar-refractivity contribution is -0.117. The highest BCUT2D eigenvalue weighted by Crippen LogP contribution is 2.13. The van der Waals surface area contributed by atoms with E-state index >= 15 is 0 Å². The number of nitrogens with zero attached hydrogens (tertiary/aromatic N) is 3. The number of benzene rings is 1. The summed E-state index contributed by atoms with van der Waals surface area (Å²) in [4.78, 5) is 22.8. The topological polar surface area (TPSA) is 97.1 Å².